The molecular formula is C14H14ClNO3. The maximum atomic E-state index is 11.8. The van der Waals surface area contributed by atoms with Gasteiger partial charge >= 0.3 is 0 Å². The van der Waals surface area contributed by atoms with Crippen LogP contribution >= 0.6 is 11.6 Å². The van der Waals surface area contributed by atoms with Crippen molar-refractivity contribution in [3.63, 3.8) is 0 Å². The van der Waals surface area contributed by atoms with Crippen molar-refractivity contribution >= 4 is 17.5 Å². The third-order valence-corrected chi connectivity index (χ3v) is 2.84. The number of benzene rings is 1. The first-order chi connectivity index (χ1) is 9.16. The Balaban J connectivity index is 1.87. The van der Waals surface area contributed by atoms with Gasteiger partial charge in [-0.15, -0.1) is 0 Å². The first kappa shape index (κ1) is 13.5. The van der Waals surface area contributed by atoms with Crippen LogP contribution in [0, 0.1) is 0 Å². The van der Waals surface area contributed by atoms with Crippen molar-refractivity contribution < 1.29 is 13.9 Å². The molecule has 1 N–H and O–H groups in total. The lowest BCUT2D eigenvalue weighted by molar-refractivity contribution is -0.127. The fourth-order valence-electron chi connectivity index (χ4n) is 1.52. The maximum Gasteiger partial charge on any atom is 0.261 e. The van der Waals surface area contributed by atoms with Gasteiger partial charge in [0.1, 0.15) is 11.5 Å². The highest BCUT2D eigenvalue weighted by molar-refractivity contribution is 6.32. The molecule has 1 aromatic carbocycles. The number of ether oxygens (including phenoxy) is 1. The summed E-state index contributed by atoms with van der Waals surface area (Å²) in [5.74, 6) is 0.958. The predicted molar refractivity (Wildman–Crippen MR) is 72.1 cm³/mol. The van der Waals surface area contributed by atoms with Gasteiger partial charge in [-0.1, -0.05) is 23.7 Å². The Bertz CT molecular complexity index is 539. The van der Waals surface area contributed by atoms with Crippen LogP contribution in [-0.2, 0) is 11.3 Å². The Hall–Kier alpha value is -1.94. The molecule has 0 fully saturated rings. The molecular weight excluding hydrogens is 266 g/mol. The molecule has 0 radical (unpaired) electrons. The van der Waals surface area contributed by atoms with Gasteiger partial charge in [-0.05, 0) is 31.2 Å². The van der Waals surface area contributed by atoms with E-state index in [9.17, 15) is 4.79 Å². The maximum absolute atomic E-state index is 11.8. The van der Waals surface area contributed by atoms with E-state index in [4.69, 9.17) is 20.8 Å². The van der Waals surface area contributed by atoms with Gasteiger partial charge in [-0.2, -0.15) is 0 Å². The lowest BCUT2D eigenvalue weighted by Gasteiger charge is -2.15. The van der Waals surface area contributed by atoms with Gasteiger partial charge in [-0.3, -0.25) is 4.79 Å². The largest absolute Gasteiger partial charge is 0.479 e. The zero-order chi connectivity index (χ0) is 13.7. The van der Waals surface area contributed by atoms with E-state index in [-0.39, 0.29) is 5.91 Å². The quantitative estimate of drug-likeness (QED) is 0.915. The molecule has 100 valence electrons. The minimum absolute atomic E-state index is 0.226. The molecule has 2 rings (SSSR count). The first-order valence-electron chi connectivity index (χ1n) is 5.88. The summed E-state index contributed by atoms with van der Waals surface area (Å²) in [6, 6.07) is 10.6. The SMILES string of the molecule is CC(Oc1ccccc1Cl)C(=O)NCc1ccco1. The molecule has 1 unspecified atom stereocenters. The standard InChI is InChI=1S/C14H14ClNO3/c1-10(19-13-7-3-2-6-12(13)15)14(17)16-9-11-5-4-8-18-11/h2-8,10H,9H2,1H3,(H,16,17). The second-order valence-corrected chi connectivity index (χ2v) is 4.39. The zero-order valence-electron chi connectivity index (χ0n) is 10.4. The summed E-state index contributed by atoms with van der Waals surface area (Å²) in [5, 5.41) is 3.20. The number of amides is 1. The summed E-state index contributed by atoms with van der Waals surface area (Å²) in [6.07, 6.45) is 0.931. The lowest BCUT2D eigenvalue weighted by Crippen LogP contribution is -2.35. The summed E-state index contributed by atoms with van der Waals surface area (Å²) in [5.41, 5.74) is 0. The van der Waals surface area contributed by atoms with Gasteiger partial charge in [0.25, 0.3) is 5.91 Å². The summed E-state index contributed by atoms with van der Waals surface area (Å²) < 4.78 is 10.6. The van der Waals surface area contributed by atoms with Crippen molar-refractivity contribution in [2.75, 3.05) is 0 Å². The van der Waals surface area contributed by atoms with E-state index in [1.165, 1.54) is 0 Å². The summed E-state index contributed by atoms with van der Waals surface area (Å²) in [4.78, 5) is 11.8. The molecule has 0 aliphatic rings. The lowest BCUT2D eigenvalue weighted by atomic mass is 10.3. The second kappa shape index (κ2) is 6.29. The molecule has 0 saturated heterocycles. The van der Waals surface area contributed by atoms with Crippen molar-refractivity contribution in [1.29, 1.82) is 0 Å². The van der Waals surface area contributed by atoms with E-state index in [1.807, 2.05) is 0 Å². The van der Waals surface area contributed by atoms with Crippen LogP contribution in [0.3, 0.4) is 0 Å². The van der Waals surface area contributed by atoms with Crippen molar-refractivity contribution in [3.8, 4) is 5.75 Å². The van der Waals surface area contributed by atoms with E-state index >= 15 is 0 Å². The fraction of sp³-hybridized carbons (Fsp3) is 0.214. The molecule has 1 heterocycles. The smallest absolute Gasteiger partial charge is 0.261 e. The number of hydrogen-bond acceptors (Lipinski definition) is 3. The van der Waals surface area contributed by atoms with Crippen molar-refractivity contribution in [2.24, 2.45) is 0 Å². The monoisotopic (exact) mass is 279 g/mol. The number of rotatable bonds is 5. The van der Waals surface area contributed by atoms with Crippen molar-refractivity contribution in [1.82, 2.24) is 5.32 Å². The van der Waals surface area contributed by atoms with Gasteiger partial charge < -0.3 is 14.5 Å². The number of para-hydroxylation sites is 1. The molecule has 1 amide bonds. The van der Waals surface area contributed by atoms with Crippen LogP contribution in [0.15, 0.2) is 47.1 Å². The van der Waals surface area contributed by atoms with Crippen LogP contribution in [0.25, 0.3) is 0 Å². The van der Waals surface area contributed by atoms with E-state index in [0.717, 1.165) is 0 Å². The Kier molecular flexibility index (Phi) is 4.47. The van der Waals surface area contributed by atoms with Crippen LogP contribution < -0.4 is 10.1 Å². The highest BCUT2D eigenvalue weighted by Gasteiger charge is 2.15. The van der Waals surface area contributed by atoms with Gasteiger partial charge in [0, 0.05) is 0 Å². The number of carbonyl (C=O) groups excluding carboxylic acids is 1. The second-order valence-electron chi connectivity index (χ2n) is 3.99. The highest BCUT2D eigenvalue weighted by Crippen LogP contribution is 2.24. The molecule has 4 nitrogen and oxygen atoms in total. The summed E-state index contributed by atoms with van der Waals surface area (Å²) >= 11 is 5.96. The normalized spacial score (nSPS) is 11.9. The predicted octanol–water partition coefficient (Wildman–Crippen LogP) is 3.02. The van der Waals surface area contributed by atoms with E-state index < -0.39 is 6.10 Å². The summed E-state index contributed by atoms with van der Waals surface area (Å²) in [6.45, 7) is 2.00. The van der Waals surface area contributed by atoms with Gasteiger partial charge in [-0.25, -0.2) is 0 Å². The van der Waals surface area contributed by atoms with Gasteiger partial charge in [0.15, 0.2) is 6.10 Å². The fourth-order valence-corrected chi connectivity index (χ4v) is 1.70. The highest BCUT2D eigenvalue weighted by atomic mass is 35.5. The minimum Gasteiger partial charge on any atom is -0.479 e. The van der Waals surface area contributed by atoms with E-state index in [0.29, 0.717) is 23.1 Å². The zero-order valence-corrected chi connectivity index (χ0v) is 11.2. The molecule has 5 heteroatoms. The molecule has 1 aromatic heterocycles. The third-order valence-electron chi connectivity index (χ3n) is 2.53. The van der Waals surface area contributed by atoms with E-state index in [2.05, 4.69) is 5.32 Å². The number of nitrogens with one attached hydrogen (secondary N) is 1. The Morgan fingerprint density at radius 2 is 2.16 bits per heavy atom. The van der Waals surface area contributed by atoms with Crippen LogP contribution in [0.1, 0.15) is 12.7 Å². The average Bonchev–Trinajstić information content (AvgIpc) is 2.91. The van der Waals surface area contributed by atoms with Crippen molar-refractivity contribution in [3.05, 3.63) is 53.4 Å². The number of hydrogen-bond donors (Lipinski definition) is 1. The Morgan fingerprint density at radius 1 is 1.37 bits per heavy atom. The Labute approximate surface area is 116 Å². The first-order valence-corrected chi connectivity index (χ1v) is 6.26. The van der Waals surface area contributed by atoms with Crippen LogP contribution in [0.5, 0.6) is 5.75 Å². The van der Waals surface area contributed by atoms with Gasteiger partial charge in [0.05, 0.1) is 17.8 Å². The van der Waals surface area contributed by atoms with Crippen LogP contribution in [0.4, 0.5) is 0 Å². The molecule has 0 saturated carbocycles. The van der Waals surface area contributed by atoms with Crippen molar-refractivity contribution in [2.45, 2.75) is 19.6 Å². The molecule has 0 spiro atoms. The van der Waals surface area contributed by atoms with Gasteiger partial charge in [0.2, 0.25) is 0 Å². The molecule has 0 aliphatic heterocycles. The van der Waals surface area contributed by atoms with Crippen LogP contribution in [0.2, 0.25) is 5.02 Å². The van der Waals surface area contributed by atoms with Crippen LogP contribution in [-0.4, -0.2) is 12.0 Å². The molecule has 0 bridgehead atoms. The molecule has 1 atom stereocenters. The molecule has 19 heavy (non-hydrogen) atoms. The minimum atomic E-state index is -0.630. The summed E-state index contributed by atoms with van der Waals surface area (Å²) in [7, 11) is 0. The number of halogens is 1. The molecule has 0 aliphatic carbocycles. The topological polar surface area (TPSA) is 51.5 Å². The van der Waals surface area contributed by atoms with E-state index in [1.54, 1.807) is 49.6 Å². The molecule has 2 aromatic rings. The Morgan fingerprint density at radius 3 is 2.84 bits per heavy atom. The number of furan rings is 1. The third kappa shape index (κ3) is 3.76. The average molecular weight is 280 g/mol. The number of carbonyl (C=O) groups is 1.